The molecule has 2 heterocycles. The number of benzene rings is 2. The van der Waals surface area contributed by atoms with Crippen molar-refractivity contribution in [2.45, 2.75) is 44.1 Å². The van der Waals surface area contributed by atoms with Gasteiger partial charge in [-0.15, -0.1) is 0 Å². The summed E-state index contributed by atoms with van der Waals surface area (Å²) in [6.07, 6.45) is 3.94. The van der Waals surface area contributed by atoms with E-state index in [4.69, 9.17) is 0 Å². The topological polar surface area (TPSA) is 20.3 Å². The number of fused-ring (bicyclic) bond motifs is 1. The second-order valence-corrected chi connectivity index (χ2v) is 7.25. The molecular weight excluding hydrogens is 294 g/mol. The zero-order chi connectivity index (χ0) is 16.6. The highest BCUT2D eigenvalue weighted by atomic mass is 16.2. The molecule has 2 aromatic rings. The number of carbonyl (C=O) groups is 1. The van der Waals surface area contributed by atoms with Crippen molar-refractivity contribution in [1.29, 1.82) is 0 Å². The lowest BCUT2D eigenvalue weighted by molar-refractivity contribution is -0.142. The summed E-state index contributed by atoms with van der Waals surface area (Å²) in [5, 5.41) is 0. The van der Waals surface area contributed by atoms with Crippen molar-refractivity contribution in [3.63, 3.8) is 0 Å². The van der Waals surface area contributed by atoms with Crippen LogP contribution in [0.2, 0.25) is 0 Å². The second kappa shape index (κ2) is 6.08. The lowest BCUT2D eigenvalue weighted by Gasteiger charge is -2.49. The third-order valence-electron chi connectivity index (χ3n) is 6.18. The Kier molecular flexibility index (Phi) is 3.91. The maximum atomic E-state index is 13.0. The number of hydrogen-bond donors (Lipinski definition) is 0. The molecule has 4 rings (SSSR count). The molecule has 0 unspecified atom stereocenters. The van der Waals surface area contributed by atoms with E-state index in [0.29, 0.717) is 24.2 Å². The third kappa shape index (κ3) is 2.28. The van der Waals surface area contributed by atoms with Crippen LogP contribution in [0.15, 0.2) is 60.7 Å². The summed E-state index contributed by atoms with van der Waals surface area (Å²) >= 11 is 0. The first-order chi connectivity index (χ1) is 11.8. The predicted molar refractivity (Wildman–Crippen MR) is 96.6 cm³/mol. The van der Waals surface area contributed by atoms with Crippen LogP contribution in [-0.4, -0.2) is 17.4 Å². The predicted octanol–water partition coefficient (Wildman–Crippen LogP) is 4.72. The molecule has 0 radical (unpaired) electrons. The first-order valence-corrected chi connectivity index (χ1v) is 9.16. The van der Waals surface area contributed by atoms with Gasteiger partial charge in [0.05, 0.1) is 5.54 Å². The molecular formula is C22H25NO. The van der Waals surface area contributed by atoms with Gasteiger partial charge in [-0.2, -0.15) is 0 Å². The van der Waals surface area contributed by atoms with Gasteiger partial charge in [0.25, 0.3) is 0 Å². The van der Waals surface area contributed by atoms with E-state index in [0.717, 1.165) is 25.8 Å². The van der Waals surface area contributed by atoms with Gasteiger partial charge >= 0.3 is 0 Å². The SMILES string of the molecule is CC[C@@H]1CCN2C(=O)C[C@H](c3ccccc3)C[C@]12c1ccccc1. The minimum Gasteiger partial charge on any atom is -0.333 e. The Bertz CT molecular complexity index is 711. The number of hydrogen-bond acceptors (Lipinski definition) is 1. The highest BCUT2D eigenvalue weighted by molar-refractivity contribution is 5.80. The van der Waals surface area contributed by atoms with E-state index in [2.05, 4.69) is 72.5 Å². The first-order valence-electron chi connectivity index (χ1n) is 9.16. The van der Waals surface area contributed by atoms with Crippen LogP contribution in [0.3, 0.4) is 0 Å². The van der Waals surface area contributed by atoms with E-state index in [1.165, 1.54) is 11.1 Å². The van der Waals surface area contributed by atoms with Crippen LogP contribution < -0.4 is 0 Å². The Labute approximate surface area is 144 Å². The molecule has 2 nitrogen and oxygen atoms in total. The Balaban J connectivity index is 1.81. The van der Waals surface area contributed by atoms with E-state index in [1.807, 2.05) is 0 Å². The Morgan fingerprint density at radius 3 is 2.38 bits per heavy atom. The van der Waals surface area contributed by atoms with E-state index in [1.54, 1.807) is 0 Å². The molecule has 0 N–H and O–H groups in total. The number of rotatable bonds is 3. The molecule has 3 atom stereocenters. The molecule has 2 aliphatic heterocycles. The van der Waals surface area contributed by atoms with E-state index >= 15 is 0 Å². The summed E-state index contributed by atoms with van der Waals surface area (Å²) in [4.78, 5) is 15.2. The van der Waals surface area contributed by atoms with E-state index in [-0.39, 0.29) is 5.54 Å². The molecule has 2 aromatic carbocycles. The van der Waals surface area contributed by atoms with Gasteiger partial charge in [-0.1, -0.05) is 74.0 Å². The quantitative estimate of drug-likeness (QED) is 0.802. The number of nitrogens with zero attached hydrogens (tertiary/aromatic N) is 1. The number of carbonyl (C=O) groups excluding carboxylic acids is 1. The molecule has 0 bridgehead atoms. The van der Waals surface area contributed by atoms with Crippen LogP contribution in [-0.2, 0) is 10.3 Å². The fourth-order valence-electron chi connectivity index (χ4n) is 5.08. The third-order valence-corrected chi connectivity index (χ3v) is 6.18. The average molecular weight is 319 g/mol. The molecule has 2 aliphatic rings. The summed E-state index contributed by atoms with van der Waals surface area (Å²) in [5.41, 5.74) is 2.51. The van der Waals surface area contributed by atoms with E-state index in [9.17, 15) is 4.79 Å². The van der Waals surface area contributed by atoms with Crippen molar-refractivity contribution in [2.24, 2.45) is 5.92 Å². The van der Waals surface area contributed by atoms with Crippen molar-refractivity contribution in [3.05, 3.63) is 71.8 Å². The van der Waals surface area contributed by atoms with Gasteiger partial charge in [0.1, 0.15) is 0 Å². The summed E-state index contributed by atoms with van der Waals surface area (Å²) in [6, 6.07) is 21.3. The molecule has 124 valence electrons. The molecule has 0 saturated carbocycles. The van der Waals surface area contributed by atoms with Gasteiger partial charge in [-0.25, -0.2) is 0 Å². The van der Waals surface area contributed by atoms with Gasteiger partial charge in [0.15, 0.2) is 0 Å². The lowest BCUT2D eigenvalue weighted by atomic mass is 9.68. The van der Waals surface area contributed by atoms with Crippen LogP contribution in [0.25, 0.3) is 0 Å². The van der Waals surface area contributed by atoms with Gasteiger partial charge in [0.2, 0.25) is 5.91 Å². The molecule has 2 fully saturated rings. The molecule has 2 saturated heterocycles. The van der Waals surface area contributed by atoms with Crippen molar-refractivity contribution in [2.75, 3.05) is 6.54 Å². The number of piperidine rings is 1. The second-order valence-electron chi connectivity index (χ2n) is 7.25. The van der Waals surface area contributed by atoms with Gasteiger partial charge < -0.3 is 4.90 Å². The summed E-state index contributed by atoms with van der Waals surface area (Å²) in [5.74, 6) is 1.20. The lowest BCUT2D eigenvalue weighted by Crippen LogP contribution is -2.53. The van der Waals surface area contributed by atoms with Crippen LogP contribution in [0.4, 0.5) is 0 Å². The minimum atomic E-state index is -0.119. The van der Waals surface area contributed by atoms with Crippen LogP contribution >= 0.6 is 0 Å². The Hall–Kier alpha value is -2.09. The Morgan fingerprint density at radius 2 is 1.71 bits per heavy atom. The zero-order valence-corrected chi connectivity index (χ0v) is 14.3. The van der Waals surface area contributed by atoms with Crippen molar-refractivity contribution in [3.8, 4) is 0 Å². The standard InChI is InChI=1S/C22H25NO/c1-2-19-13-14-23-21(24)15-18(17-9-5-3-6-10-17)16-22(19,23)20-11-7-4-8-12-20/h3-12,18-19H,2,13-16H2,1H3/t18-,19+,22+/m0/s1. The van der Waals surface area contributed by atoms with Crippen molar-refractivity contribution in [1.82, 2.24) is 4.90 Å². The van der Waals surface area contributed by atoms with Crippen LogP contribution in [0.1, 0.15) is 49.7 Å². The molecule has 0 aliphatic carbocycles. The van der Waals surface area contributed by atoms with Gasteiger partial charge in [0, 0.05) is 13.0 Å². The fourth-order valence-corrected chi connectivity index (χ4v) is 5.08. The number of amides is 1. The Morgan fingerprint density at radius 1 is 1.04 bits per heavy atom. The molecule has 1 amide bonds. The fraction of sp³-hybridized carbons (Fsp3) is 0.409. The van der Waals surface area contributed by atoms with E-state index < -0.39 is 0 Å². The van der Waals surface area contributed by atoms with Gasteiger partial charge in [-0.3, -0.25) is 4.79 Å². The highest BCUT2D eigenvalue weighted by Gasteiger charge is 2.54. The molecule has 0 aromatic heterocycles. The molecule has 0 spiro atoms. The zero-order valence-electron chi connectivity index (χ0n) is 14.3. The van der Waals surface area contributed by atoms with Crippen molar-refractivity contribution >= 4 is 5.91 Å². The average Bonchev–Trinajstić information content (AvgIpc) is 3.03. The smallest absolute Gasteiger partial charge is 0.223 e. The normalized spacial score (nSPS) is 29.5. The largest absolute Gasteiger partial charge is 0.333 e. The molecule has 24 heavy (non-hydrogen) atoms. The monoisotopic (exact) mass is 319 g/mol. The summed E-state index contributed by atoms with van der Waals surface area (Å²) < 4.78 is 0. The minimum absolute atomic E-state index is 0.119. The first kappa shape index (κ1) is 15.4. The summed E-state index contributed by atoms with van der Waals surface area (Å²) in [6.45, 7) is 3.18. The maximum absolute atomic E-state index is 13.0. The highest BCUT2D eigenvalue weighted by Crippen LogP contribution is 2.54. The summed E-state index contributed by atoms with van der Waals surface area (Å²) in [7, 11) is 0. The van der Waals surface area contributed by atoms with Crippen LogP contribution in [0.5, 0.6) is 0 Å². The van der Waals surface area contributed by atoms with Crippen molar-refractivity contribution < 1.29 is 4.79 Å². The maximum Gasteiger partial charge on any atom is 0.223 e. The molecule has 2 heteroatoms. The van der Waals surface area contributed by atoms with Gasteiger partial charge in [-0.05, 0) is 35.8 Å². The van der Waals surface area contributed by atoms with Crippen LogP contribution in [0, 0.1) is 5.92 Å².